The fourth-order valence-corrected chi connectivity index (χ4v) is 2.09. The lowest BCUT2D eigenvalue weighted by atomic mass is 9.75. The van der Waals surface area contributed by atoms with E-state index in [0.29, 0.717) is 11.0 Å². The third kappa shape index (κ3) is 2.48. The first-order valence-corrected chi connectivity index (χ1v) is 5.89. The Bertz CT molecular complexity index is 175. The van der Waals surface area contributed by atoms with E-state index in [0.717, 1.165) is 6.54 Å². The monoisotopic (exact) mass is 198 g/mol. The van der Waals surface area contributed by atoms with Gasteiger partial charge in [0.2, 0.25) is 0 Å². The Balaban J connectivity index is 2.40. The van der Waals surface area contributed by atoms with Crippen LogP contribution in [-0.2, 0) is 0 Å². The van der Waals surface area contributed by atoms with Crippen LogP contribution >= 0.6 is 0 Å². The first kappa shape index (κ1) is 12.0. The second-order valence-electron chi connectivity index (χ2n) is 5.66. The van der Waals surface area contributed by atoms with Crippen molar-refractivity contribution >= 4 is 0 Å². The summed E-state index contributed by atoms with van der Waals surface area (Å²) in [6.07, 6.45) is 1.30. The summed E-state index contributed by atoms with van der Waals surface area (Å²) in [7, 11) is 0. The van der Waals surface area contributed by atoms with Gasteiger partial charge >= 0.3 is 0 Å². The molecule has 1 aliphatic rings. The van der Waals surface area contributed by atoms with Crippen LogP contribution in [0.25, 0.3) is 0 Å². The van der Waals surface area contributed by atoms with E-state index in [1.54, 1.807) is 0 Å². The zero-order valence-electron chi connectivity index (χ0n) is 10.5. The minimum absolute atomic E-state index is 0.352. The predicted octanol–water partition coefficient (Wildman–Crippen LogP) is 2.11. The Morgan fingerprint density at radius 1 is 1.21 bits per heavy atom. The van der Waals surface area contributed by atoms with Gasteiger partial charge in [0.15, 0.2) is 0 Å². The summed E-state index contributed by atoms with van der Waals surface area (Å²) in [6, 6.07) is 0. The average molecular weight is 198 g/mol. The summed E-state index contributed by atoms with van der Waals surface area (Å²) < 4.78 is 0. The smallest absolute Gasteiger partial charge is 0.0125 e. The van der Waals surface area contributed by atoms with Crippen LogP contribution in [0.15, 0.2) is 0 Å². The van der Waals surface area contributed by atoms with Crippen molar-refractivity contribution in [3.05, 3.63) is 0 Å². The molecule has 84 valence electrons. The highest BCUT2D eigenvalue weighted by Crippen LogP contribution is 2.37. The third-order valence-corrected chi connectivity index (χ3v) is 3.50. The quantitative estimate of drug-likeness (QED) is 0.744. The highest BCUT2D eigenvalue weighted by molar-refractivity contribution is 4.99. The molecule has 0 aromatic rings. The molecule has 2 heteroatoms. The molecule has 1 heterocycles. The Kier molecular flexibility index (Phi) is 3.59. The van der Waals surface area contributed by atoms with E-state index in [9.17, 15) is 0 Å². The Morgan fingerprint density at radius 3 is 2.14 bits per heavy atom. The lowest BCUT2D eigenvalue weighted by Gasteiger charge is -2.56. The van der Waals surface area contributed by atoms with Gasteiger partial charge in [-0.1, -0.05) is 13.8 Å². The summed E-state index contributed by atoms with van der Waals surface area (Å²) in [5, 5.41) is 3.49. The minimum Gasteiger partial charge on any atom is -0.316 e. The van der Waals surface area contributed by atoms with Crippen LogP contribution in [-0.4, -0.2) is 36.6 Å². The maximum absolute atomic E-state index is 3.49. The molecule has 1 aliphatic heterocycles. The van der Waals surface area contributed by atoms with Crippen molar-refractivity contribution in [2.24, 2.45) is 5.41 Å². The third-order valence-electron chi connectivity index (χ3n) is 3.50. The Morgan fingerprint density at radius 2 is 1.79 bits per heavy atom. The maximum atomic E-state index is 3.49. The number of hydrogen-bond acceptors (Lipinski definition) is 2. The summed E-state index contributed by atoms with van der Waals surface area (Å²) in [5.74, 6) is 0. The van der Waals surface area contributed by atoms with Crippen LogP contribution in [0.5, 0.6) is 0 Å². The van der Waals surface area contributed by atoms with Gasteiger partial charge in [-0.05, 0) is 33.7 Å². The molecule has 14 heavy (non-hydrogen) atoms. The lowest BCUT2D eigenvalue weighted by Crippen LogP contribution is -2.65. The molecule has 1 rings (SSSR count). The van der Waals surface area contributed by atoms with E-state index in [2.05, 4.69) is 44.8 Å². The molecular weight excluding hydrogens is 172 g/mol. The predicted molar refractivity (Wildman–Crippen MR) is 62.6 cm³/mol. The van der Waals surface area contributed by atoms with Gasteiger partial charge in [0, 0.05) is 30.6 Å². The molecule has 1 N–H and O–H groups in total. The molecule has 0 aromatic heterocycles. The van der Waals surface area contributed by atoms with Crippen LogP contribution in [0.4, 0.5) is 0 Å². The Hall–Kier alpha value is -0.0800. The highest BCUT2D eigenvalue weighted by atomic mass is 15.3. The first-order chi connectivity index (χ1) is 6.43. The van der Waals surface area contributed by atoms with Crippen molar-refractivity contribution in [1.29, 1.82) is 0 Å². The lowest BCUT2D eigenvalue weighted by molar-refractivity contribution is -0.0596. The van der Waals surface area contributed by atoms with Crippen molar-refractivity contribution in [2.45, 2.75) is 46.6 Å². The molecular formula is C12H26N2. The van der Waals surface area contributed by atoms with Crippen molar-refractivity contribution in [2.75, 3.05) is 26.2 Å². The number of nitrogens with zero attached hydrogens (tertiary/aromatic N) is 1. The molecule has 0 amide bonds. The van der Waals surface area contributed by atoms with Crippen LogP contribution in [0.3, 0.4) is 0 Å². The molecule has 0 aliphatic carbocycles. The minimum atomic E-state index is 0.352. The van der Waals surface area contributed by atoms with E-state index in [4.69, 9.17) is 0 Å². The van der Waals surface area contributed by atoms with Gasteiger partial charge in [0.1, 0.15) is 0 Å². The number of rotatable bonds is 4. The van der Waals surface area contributed by atoms with E-state index in [-0.39, 0.29) is 0 Å². The van der Waals surface area contributed by atoms with Crippen LogP contribution < -0.4 is 5.32 Å². The summed E-state index contributed by atoms with van der Waals surface area (Å²) in [6.45, 7) is 16.2. The second-order valence-corrected chi connectivity index (χ2v) is 5.66. The van der Waals surface area contributed by atoms with Crippen LogP contribution in [0, 0.1) is 5.41 Å². The van der Waals surface area contributed by atoms with Gasteiger partial charge in [-0.15, -0.1) is 0 Å². The molecule has 0 unspecified atom stereocenters. The normalized spacial score (nSPS) is 22.1. The van der Waals surface area contributed by atoms with Crippen LogP contribution in [0.1, 0.15) is 41.0 Å². The molecule has 1 fully saturated rings. The van der Waals surface area contributed by atoms with E-state index >= 15 is 0 Å². The van der Waals surface area contributed by atoms with E-state index < -0.39 is 0 Å². The fraction of sp³-hybridized carbons (Fsp3) is 1.00. The summed E-state index contributed by atoms with van der Waals surface area (Å²) >= 11 is 0. The largest absolute Gasteiger partial charge is 0.316 e. The van der Waals surface area contributed by atoms with Gasteiger partial charge < -0.3 is 5.32 Å². The topological polar surface area (TPSA) is 15.3 Å². The summed E-state index contributed by atoms with van der Waals surface area (Å²) in [5.41, 5.74) is 0.911. The molecule has 1 saturated heterocycles. The Labute approximate surface area is 89.1 Å². The number of hydrogen-bond donors (Lipinski definition) is 1. The first-order valence-electron chi connectivity index (χ1n) is 5.89. The van der Waals surface area contributed by atoms with Gasteiger partial charge in [-0.2, -0.15) is 0 Å². The molecule has 0 aromatic carbocycles. The molecule has 0 bridgehead atoms. The average Bonchev–Trinajstić information content (AvgIpc) is 2.01. The van der Waals surface area contributed by atoms with Crippen LogP contribution in [0.2, 0.25) is 0 Å². The number of nitrogens with one attached hydrogen (secondary N) is 1. The highest BCUT2D eigenvalue weighted by Gasteiger charge is 2.44. The van der Waals surface area contributed by atoms with E-state index in [1.165, 1.54) is 26.1 Å². The molecule has 0 atom stereocenters. The zero-order chi connectivity index (χ0) is 10.8. The molecule has 0 radical (unpaired) electrons. The SMILES string of the molecule is CCNCC1(CC)CN(C(C)(C)C)C1. The van der Waals surface area contributed by atoms with Gasteiger partial charge in [0.25, 0.3) is 0 Å². The second kappa shape index (κ2) is 4.19. The van der Waals surface area contributed by atoms with E-state index in [1.807, 2.05) is 0 Å². The summed E-state index contributed by atoms with van der Waals surface area (Å²) in [4.78, 5) is 2.58. The molecule has 0 spiro atoms. The van der Waals surface area contributed by atoms with Crippen molar-refractivity contribution in [1.82, 2.24) is 10.2 Å². The van der Waals surface area contributed by atoms with Crippen molar-refractivity contribution in [3.8, 4) is 0 Å². The van der Waals surface area contributed by atoms with Crippen molar-refractivity contribution in [3.63, 3.8) is 0 Å². The van der Waals surface area contributed by atoms with Crippen molar-refractivity contribution < 1.29 is 0 Å². The number of likely N-dealkylation sites (tertiary alicyclic amines) is 1. The molecule has 0 saturated carbocycles. The van der Waals surface area contributed by atoms with Gasteiger partial charge in [-0.25, -0.2) is 0 Å². The van der Waals surface area contributed by atoms with Gasteiger partial charge in [0.05, 0.1) is 0 Å². The fourth-order valence-electron chi connectivity index (χ4n) is 2.09. The van der Waals surface area contributed by atoms with Gasteiger partial charge in [-0.3, -0.25) is 4.90 Å². The molecule has 2 nitrogen and oxygen atoms in total. The maximum Gasteiger partial charge on any atom is 0.0125 e. The standard InChI is InChI=1S/C12H26N2/c1-6-12(8-13-7-2)9-14(10-12)11(3,4)5/h13H,6-10H2,1-5H3. The zero-order valence-corrected chi connectivity index (χ0v) is 10.5.